The zero-order valence-corrected chi connectivity index (χ0v) is 48.3. The summed E-state index contributed by atoms with van der Waals surface area (Å²) in [5.41, 5.74) is 0. The third-order valence-electron chi connectivity index (χ3n) is 13.2. The van der Waals surface area contributed by atoms with E-state index in [0.29, 0.717) is 12.8 Å². The maximum atomic E-state index is 12.1. The molecule has 20 nitrogen and oxygen atoms in total. The number of rotatable bonds is 55. The van der Waals surface area contributed by atoms with Gasteiger partial charge in [0, 0.05) is 12.8 Å². The van der Waals surface area contributed by atoms with Gasteiger partial charge in [0.2, 0.25) is 0 Å². The second kappa shape index (κ2) is 55.6. The smallest absolute Gasteiger partial charge is 0.305 e. The SMILES string of the molecule is CCCCCCCC/C=C\CCCCCCCC(=O)OCCOCC(OCCO)C1OCC(OCCO)C1OCCO.CCCCCCCCCCCC(=O)OCCOCC(OCCO)C1OCC(OCCO)C1OCCO. The van der Waals surface area contributed by atoms with E-state index in [9.17, 15) is 24.9 Å². The average molecular weight is 1130 g/mol. The van der Waals surface area contributed by atoms with E-state index in [1.54, 1.807) is 0 Å². The lowest BCUT2D eigenvalue weighted by atomic mass is 10.1. The molecule has 2 rings (SSSR count). The highest BCUT2D eigenvalue weighted by molar-refractivity contribution is 5.69. The summed E-state index contributed by atoms with van der Waals surface area (Å²) in [6.07, 6.45) is 28.0. The molecule has 2 saturated heterocycles. The van der Waals surface area contributed by atoms with Gasteiger partial charge in [-0.25, -0.2) is 0 Å². The topological polar surface area (TPSA) is 266 Å². The number of allylic oxidation sites excluding steroid dienone is 2. The van der Waals surface area contributed by atoms with Crippen LogP contribution in [0.5, 0.6) is 0 Å². The lowest BCUT2D eigenvalue weighted by Crippen LogP contribution is -2.45. The normalized spacial score (nSPS) is 20.1. The summed E-state index contributed by atoms with van der Waals surface area (Å²) in [6.45, 7) is 5.75. The van der Waals surface area contributed by atoms with Gasteiger partial charge < -0.3 is 87.5 Å². The fraction of sp³-hybridized carbons (Fsp3) is 0.931. The van der Waals surface area contributed by atoms with Gasteiger partial charge in [-0.2, -0.15) is 0 Å². The van der Waals surface area contributed by atoms with E-state index in [2.05, 4.69) is 26.0 Å². The number of hydrogen-bond acceptors (Lipinski definition) is 20. The first-order valence-electron chi connectivity index (χ1n) is 30.0. The van der Waals surface area contributed by atoms with Crippen LogP contribution in [-0.2, 0) is 66.4 Å². The Balaban J connectivity index is 0.000000789. The Labute approximate surface area is 468 Å². The highest BCUT2D eigenvalue weighted by atomic mass is 16.6. The van der Waals surface area contributed by atoms with Gasteiger partial charge in [0.25, 0.3) is 0 Å². The Kier molecular flexibility index (Phi) is 52.8. The lowest BCUT2D eigenvalue weighted by molar-refractivity contribution is -0.149. The minimum Gasteiger partial charge on any atom is -0.463 e. The van der Waals surface area contributed by atoms with Crippen LogP contribution in [0.1, 0.15) is 168 Å². The Morgan fingerprint density at radius 1 is 0.423 bits per heavy atom. The lowest BCUT2D eigenvalue weighted by Gasteiger charge is -2.29. The van der Waals surface area contributed by atoms with Gasteiger partial charge in [-0.05, 0) is 38.5 Å². The largest absolute Gasteiger partial charge is 0.463 e. The predicted octanol–water partition coefficient (Wildman–Crippen LogP) is 6.11. The Hall–Kier alpha value is -1.96. The molecule has 0 aliphatic carbocycles. The Bertz CT molecular complexity index is 1330. The first-order chi connectivity index (χ1) is 38.3. The molecule has 0 bridgehead atoms. The van der Waals surface area contributed by atoms with Crippen molar-refractivity contribution in [1.82, 2.24) is 0 Å². The second-order valence-electron chi connectivity index (χ2n) is 19.7. The Morgan fingerprint density at radius 3 is 1.12 bits per heavy atom. The molecule has 2 fully saturated rings. The fourth-order valence-corrected chi connectivity index (χ4v) is 9.10. The van der Waals surface area contributed by atoms with E-state index in [0.717, 1.165) is 44.9 Å². The predicted molar refractivity (Wildman–Crippen MR) is 295 cm³/mol. The molecular formula is C58H110O20. The summed E-state index contributed by atoms with van der Waals surface area (Å²) in [6, 6.07) is 0. The number of aliphatic hydroxyl groups excluding tert-OH is 6. The van der Waals surface area contributed by atoms with E-state index in [4.69, 9.17) is 72.2 Å². The fourth-order valence-electron chi connectivity index (χ4n) is 9.10. The molecule has 78 heavy (non-hydrogen) atoms. The quantitative estimate of drug-likeness (QED) is 0.0228. The first-order valence-corrected chi connectivity index (χ1v) is 30.0. The summed E-state index contributed by atoms with van der Waals surface area (Å²) < 4.78 is 67.8. The monoisotopic (exact) mass is 1130 g/mol. The second-order valence-corrected chi connectivity index (χ2v) is 19.7. The molecule has 2 heterocycles. The van der Waals surface area contributed by atoms with Crippen molar-refractivity contribution in [3.8, 4) is 0 Å². The minimum atomic E-state index is -0.560. The van der Waals surface area contributed by atoms with E-state index >= 15 is 0 Å². The van der Waals surface area contributed by atoms with Crippen molar-refractivity contribution in [2.75, 3.05) is 132 Å². The molecule has 2 aliphatic rings. The molecule has 462 valence electrons. The molecule has 0 spiro atoms. The van der Waals surface area contributed by atoms with E-state index in [1.165, 1.54) is 96.3 Å². The number of aliphatic hydroxyl groups is 6. The minimum absolute atomic E-state index is 0.0910. The zero-order chi connectivity index (χ0) is 56.8. The van der Waals surface area contributed by atoms with Crippen molar-refractivity contribution in [1.29, 1.82) is 0 Å². The van der Waals surface area contributed by atoms with Gasteiger partial charge in [-0.1, -0.05) is 129 Å². The summed E-state index contributed by atoms with van der Waals surface area (Å²) in [7, 11) is 0. The van der Waals surface area contributed by atoms with Crippen molar-refractivity contribution < 1.29 is 97.1 Å². The van der Waals surface area contributed by atoms with Crippen LogP contribution >= 0.6 is 0 Å². The van der Waals surface area contributed by atoms with Crippen LogP contribution in [0, 0.1) is 0 Å². The third kappa shape index (κ3) is 39.5. The van der Waals surface area contributed by atoms with Crippen LogP contribution in [0.4, 0.5) is 0 Å². The van der Waals surface area contributed by atoms with Crippen molar-refractivity contribution in [3.05, 3.63) is 12.2 Å². The number of carbonyl (C=O) groups excluding carboxylic acids is 2. The van der Waals surface area contributed by atoms with E-state index < -0.39 is 48.8 Å². The van der Waals surface area contributed by atoms with Crippen LogP contribution in [-0.4, -0.2) is 224 Å². The third-order valence-corrected chi connectivity index (χ3v) is 13.2. The summed E-state index contributed by atoms with van der Waals surface area (Å²) in [4.78, 5) is 24.0. The molecule has 20 heteroatoms. The highest BCUT2D eigenvalue weighted by Crippen LogP contribution is 2.27. The molecule has 0 aromatic carbocycles. The van der Waals surface area contributed by atoms with Gasteiger partial charge in [0.05, 0.1) is 119 Å². The zero-order valence-electron chi connectivity index (χ0n) is 48.3. The maximum Gasteiger partial charge on any atom is 0.305 e. The number of esters is 2. The van der Waals surface area contributed by atoms with Gasteiger partial charge >= 0.3 is 11.9 Å². The van der Waals surface area contributed by atoms with Crippen LogP contribution in [0.15, 0.2) is 12.2 Å². The van der Waals surface area contributed by atoms with Crippen molar-refractivity contribution in [2.45, 2.75) is 217 Å². The molecule has 2 aliphatic heterocycles. The van der Waals surface area contributed by atoms with Gasteiger partial charge in [0.15, 0.2) is 0 Å². The van der Waals surface area contributed by atoms with Crippen LogP contribution in [0.3, 0.4) is 0 Å². The van der Waals surface area contributed by atoms with Gasteiger partial charge in [0.1, 0.15) is 62.0 Å². The molecule has 8 atom stereocenters. The number of carbonyl (C=O) groups is 2. The molecule has 0 saturated carbocycles. The molecule has 8 unspecified atom stereocenters. The average Bonchev–Trinajstić information content (AvgIpc) is 4.06. The molecule has 6 N–H and O–H groups in total. The number of ether oxygens (including phenoxy) is 12. The summed E-state index contributed by atoms with van der Waals surface area (Å²) in [5.74, 6) is -0.431. The molecule has 0 amide bonds. The van der Waals surface area contributed by atoms with Crippen molar-refractivity contribution in [3.63, 3.8) is 0 Å². The maximum absolute atomic E-state index is 12.1. The number of hydrogen-bond donors (Lipinski definition) is 6. The molecular weight excluding hydrogens is 1020 g/mol. The van der Waals surface area contributed by atoms with Gasteiger partial charge in [-0.3, -0.25) is 9.59 Å². The van der Waals surface area contributed by atoms with Crippen molar-refractivity contribution in [2.24, 2.45) is 0 Å². The van der Waals surface area contributed by atoms with Crippen molar-refractivity contribution >= 4 is 11.9 Å². The first kappa shape index (κ1) is 74.1. The van der Waals surface area contributed by atoms with E-state index in [-0.39, 0.29) is 144 Å². The summed E-state index contributed by atoms with van der Waals surface area (Å²) >= 11 is 0. The standard InChI is InChI=1S/C32H60O10.C26H50O10/c1-2-3-4-5-6-7-8-9-10-11-12-13-14-15-16-17-30(36)40-25-24-37-26-28(38-21-18-33)32-31(41-23-20-35)29(27-42-32)39-22-19-34;1-2-3-4-5-6-7-8-9-10-11-24(30)34-19-18-31-20-22(32-15-12-27)26-25(35-17-14-29)23(21-36-26)33-16-13-28/h9-10,28-29,31-35H,2-8,11-27H2,1H3;22-23,25-29H,2-21H2,1H3/b10-9-;. The van der Waals surface area contributed by atoms with Crippen LogP contribution in [0.2, 0.25) is 0 Å². The Morgan fingerprint density at radius 2 is 0.756 bits per heavy atom. The van der Waals surface area contributed by atoms with E-state index in [1.807, 2.05) is 0 Å². The molecule has 0 aromatic heterocycles. The van der Waals surface area contributed by atoms with Crippen LogP contribution < -0.4 is 0 Å². The van der Waals surface area contributed by atoms with Gasteiger partial charge in [-0.15, -0.1) is 0 Å². The molecule has 0 aromatic rings. The molecule has 0 radical (unpaired) electrons. The summed E-state index contributed by atoms with van der Waals surface area (Å²) in [5, 5.41) is 54.9. The highest BCUT2D eigenvalue weighted by Gasteiger charge is 2.45. The van der Waals surface area contributed by atoms with Crippen LogP contribution in [0.25, 0.3) is 0 Å². The number of unbranched alkanes of at least 4 members (excludes halogenated alkanes) is 19.